The van der Waals surface area contributed by atoms with Gasteiger partial charge in [0, 0.05) is 43.6 Å². The van der Waals surface area contributed by atoms with Crippen LogP contribution in [0.25, 0.3) is 0 Å². The van der Waals surface area contributed by atoms with Gasteiger partial charge in [0.1, 0.15) is 0 Å². The summed E-state index contributed by atoms with van der Waals surface area (Å²) in [6, 6.07) is 8.56. The third-order valence-corrected chi connectivity index (χ3v) is 6.87. The number of hydrogen-bond donors (Lipinski definition) is 0. The predicted molar refractivity (Wildman–Crippen MR) is 105 cm³/mol. The molecule has 0 N–H and O–H groups in total. The van der Waals surface area contributed by atoms with Gasteiger partial charge < -0.3 is 4.90 Å². The summed E-state index contributed by atoms with van der Waals surface area (Å²) in [5, 5.41) is 0. The first-order valence-corrected chi connectivity index (χ1v) is 10.5. The average molecular weight is 388 g/mol. The Kier molecular flexibility index (Phi) is 5.35. The Hall–Kier alpha value is -2.25. The fourth-order valence-electron chi connectivity index (χ4n) is 3.60. The highest BCUT2D eigenvalue weighted by atomic mass is 32.2. The number of pyridine rings is 1. The zero-order valence-corrected chi connectivity index (χ0v) is 16.9. The molecule has 3 rings (SSSR count). The molecule has 0 bridgehead atoms. The zero-order chi connectivity index (χ0) is 19.8. The molecule has 0 radical (unpaired) electrons. The molecule has 1 aromatic carbocycles. The van der Waals surface area contributed by atoms with E-state index in [4.69, 9.17) is 0 Å². The molecule has 0 saturated carbocycles. The van der Waals surface area contributed by atoms with Gasteiger partial charge in [-0.25, -0.2) is 8.42 Å². The van der Waals surface area contributed by atoms with E-state index in [-0.39, 0.29) is 29.4 Å². The minimum absolute atomic E-state index is 0.0303. The van der Waals surface area contributed by atoms with Crippen LogP contribution in [0.5, 0.6) is 0 Å². The highest BCUT2D eigenvalue weighted by Gasteiger charge is 2.32. The average Bonchev–Trinajstić information content (AvgIpc) is 2.95. The van der Waals surface area contributed by atoms with Crippen molar-refractivity contribution in [3.63, 3.8) is 0 Å². The Balaban J connectivity index is 1.96. The number of aromatic nitrogens is 1. The maximum Gasteiger partial charge on any atom is 0.243 e. The van der Waals surface area contributed by atoms with Gasteiger partial charge in [-0.3, -0.25) is 9.78 Å². The van der Waals surface area contributed by atoms with Crippen molar-refractivity contribution in [1.29, 1.82) is 0 Å². The first-order valence-electron chi connectivity index (χ1n) is 9.05. The Morgan fingerprint density at radius 3 is 2.67 bits per heavy atom. The number of carbonyl (C=O) groups excluding carboxylic acids is 1. The van der Waals surface area contributed by atoms with Gasteiger partial charge in [-0.05, 0) is 62.6 Å². The van der Waals surface area contributed by atoms with Gasteiger partial charge in [0.25, 0.3) is 0 Å². The SMILES string of the molecule is CC(=O)N1c2ccc(S(=O)(=O)N(Cc3cccnc3)C(C)C)cc2CC1C. The second-order valence-electron chi connectivity index (χ2n) is 7.24. The molecule has 1 amide bonds. The van der Waals surface area contributed by atoms with E-state index in [1.807, 2.05) is 26.8 Å². The highest BCUT2D eigenvalue weighted by molar-refractivity contribution is 7.89. The van der Waals surface area contributed by atoms with Gasteiger partial charge in [0.2, 0.25) is 15.9 Å². The topological polar surface area (TPSA) is 70.6 Å². The van der Waals surface area contributed by atoms with Crippen molar-refractivity contribution >= 4 is 21.6 Å². The van der Waals surface area contributed by atoms with Crippen molar-refractivity contribution in [3.05, 3.63) is 53.9 Å². The number of rotatable bonds is 5. The molecular weight excluding hydrogens is 362 g/mol. The minimum Gasteiger partial charge on any atom is -0.309 e. The number of carbonyl (C=O) groups is 1. The van der Waals surface area contributed by atoms with E-state index in [1.165, 1.54) is 11.2 Å². The summed E-state index contributed by atoms with van der Waals surface area (Å²) in [5.74, 6) is -0.0303. The van der Waals surface area contributed by atoms with Crippen molar-refractivity contribution in [3.8, 4) is 0 Å². The lowest BCUT2D eigenvalue weighted by atomic mass is 10.1. The smallest absolute Gasteiger partial charge is 0.243 e. The van der Waals surface area contributed by atoms with Crippen molar-refractivity contribution in [1.82, 2.24) is 9.29 Å². The van der Waals surface area contributed by atoms with Gasteiger partial charge in [-0.2, -0.15) is 4.31 Å². The van der Waals surface area contributed by atoms with Crippen molar-refractivity contribution < 1.29 is 13.2 Å². The summed E-state index contributed by atoms with van der Waals surface area (Å²) in [6.07, 6.45) is 4.00. The van der Waals surface area contributed by atoms with Crippen molar-refractivity contribution in [2.24, 2.45) is 0 Å². The summed E-state index contributed by atoms with van der Waals surface area (Å²) >= 11 is 0. The second kappa shape index (κ2) is 7.40. The van der Waals surface area contributed by atoms with E-state index >= 15 is 0 Å². The molecule has 7 heteroatoms. The molecule has 1 aliphatic rings. The van der Waals surface area contributed by atoms with Gasteiger partial charge in [-0.1, -0.05) is 6.07 Å². The summed E-state index contributed by atoms with van der Waals surface area (Å²) in [7, 11) is -3.67. The quantitative estimate of drug-likeness (QED) is 0.791. The first kappa shape index (κ1) is 19.5. The molecular formula is C20H25N3O3S. The van der Waals surface area contributed by atoms with Crippen LogP contribution < -0.4 is 4.90 Å². The lowest BCUT2D eigenvalue weighted by Crippen LogP contribution is -2.36. The van der Waals surface area contributed by atoms with Crippen LogP contribution in [0.2, 0.25) is 0 Å². The normalized spacial score (nSPS) is 16.8. The van der Waals surface area contributed by atoms with Gasteiger partial charge >= 0.3 is 0 Å². The fraction of sp³-hybridized carbons (Fsp3) is 0.400. The molecule has 144 valence electrons. The van der Waals surface area contributed by atoms with E-state index in [1.54, 1.807) is 41.6 Å². The van der Waals surface area contributed by atoms with Crippen LogP contribution in [0.15, 0.2) is 47.6 Å². The van der Waals surface area contributed by atoms with Crippen LogP contribution in [0.3, 0.4) is 0 Å². The number of amides is 1. The second-order valence-corrected chi connectivity index (χ2v) is 9.13. The molecule has 1 aromatic heterocycles. The van der Waals surface area contributed by atoms with Crippen LogP contribution in [0.1, 0.15) is 38.8 Å². The van der Waals surface area contributed by atoms with E-state index in [0.717, 1.165) is 16.8 Å². The standard InChI is InChI=1S/C20H25N3O3S/c1-14(2)22(13-17-6-5-9-21-12-17)27(25,26)19-7-8-20-18(11-19)10-15(3)23(20)16(4)24/h5-9,11-12,14-15H,10,13H2,1-4H3. The largest absolute Gasteiger partial charge is 0.309 e. The van der Waals surface area contributed by atoms with E-state index in [9.17, 15) is 13.2 Å². The molecule has 1 aliphatic heterocycles. The summed E-state index contributed by atoms with van der Waals surface area (Å²) in [6.45, 7) is 7.49. The summed E-state index contributed by atoms with van der Waals surface area (Å²) < 4.78 is 28.1. The lowest BCUT2D eigenvalue weighted by Gasteiger charge is -2.26. The van der Waals surface area contributed by atoms with Crippen LogP contribution in [0, 0.1) is 0 Å². The van der Waals surface area contributed by atoms with Crippen LogP contribution in [0.4, 0.5) is 5.69 Å². The number of nitrogens with zero attached hydrogens (tertiary/aromatic N) is 3. The molecule has 0 fully saturated rings. The molecule has 1 atom stereocenters. The first-order chi connectivity index (χ1) is 12.7. The predicted octanol–water partition coefficient (Wildman–Crippen LogP) is 2.98. The van der Waals surface area contributed by atoms with Crippen LogP contribution >= 0.6 is 0 Å². The van der Waals surface area contributed by atoms with E-state index in [2.05, 4.69) is 4.98 Å². The third kappa shape index (κ3) is 3.75. The maximum atomic E-state index is 13.3. The third-order valence-electron chi connectivity index (χ3n) is 4.85. The molecule has 0 spiro atoms. The Morgan fingerprint density at radius 2 is 2.07 bits per heavy atom. The van der Waals surface area contributed by atoms with Crippen molar-refractivity contribution in [2.75, 3.05) is 4.90 Å². The Labute approximate surface area is 160 Å². The van der Waals surface area contributed by atoms with E-state index < -0.39 is 10.0 Å². The van der Waals surface area contributed by atoms with E-state index in [0.29, 0.717) is 6.42 Å². The van der Waals surface area contributed by atoms with Gasteiger partial charge in [0.15, 0.2) is 0 Å². The number of fused-ring (bicyclic) bond motifs is 1. The number of anilines is 1. The number of sulfonamides is 1. The number of benzene rings is 1. The fourth-order valence-corrected chi connectivity index (χ4v) is 5.28. The van der Waals surface area contributed by atoms with Crippen LogP contribution in [-0.2, 0) is 27.8 Å². The van der Waals surface area contributed by atoms with Gasteiger partial charge in [-0.15, -0.1) is 0 Å². The van der Waals surface area contributed by atoms with Crippen molar-refractivity contribution in [2.45, 2.75) is 57.6 Å². The molecule has 0 aliphatic carbocycles. The lowest BCUT2D eigenvalue weighted by molar-refractivity contribution is -0.116. The minimum atomic E-state index is -3.67. The number of hydrogen-bond acceptors (Lipinski definition) is 4. The van der Waals surface area contributed by atoms with Crippen LogP contribution in [-0.4, -0.2) is 35.7 Å². The molecule has 1 unspecified atom stereocenters. The Morgan fingerprint density at radius 1 is 1.33 bits per heavy atom. The maximum absolute atomic E-state index is 13.3. The molecule has 0 saturated heterocycles. The molecule has 2 heterocycles. The molecule has 27 heavy (non-hydrogen) atoms. The zero-order valence-electron chi connectivity index (χ0n) is 16.1. The monoisotopic (exact) mass is 387 g/mol. The highest BCUT2D eigenvalue weighted by Crippen LogP contribution is 2.35. The Bertz CT molecular complexity index is 942. The molecule has 2 aromatic rings. The summed E-state index contributed by atoms with van der Waals surface area (Å²) in [5.41, 5.74) is 2.54. The molecule has 6 nitrogen and oxygen atoms in total. The van der Waals surface area contributed by atoms with Gasteiger partial charge in [0.05, 0.1) is 4.90 Å². The summed E-state index contributed by atoms with van der Waals surface area (Å²) in [4.78, 5) is 18.0.